The topological polar surface area (TPSA) is 26.6 Å². The number of fused-ring (bicyclic) bond motifs is 18. The van der Waals surface area contributed by atoms with Crippen LogP contribution in [-0.2, 0) is 16.2 Å². The van der Waals surface area contributed by atoms with Gasteiger partial charge in [0.15, 0.2) is 0 Å². The molecular formula is C63H52N4. The van der Waals surface area contributed by atoms with Gasteiger partial charge in [0, 0.05) is 70.5 Å². The summed E-state index contributed by atoms with van der Waals surface area (Å²) in [7, 11) is 0. The van der Waals surface area contributed by atoms with Crippen molar-refractivity contribution in [2.24, 2.45) is 0 Å². The second-order valence-corrected chi connectivity index (χ2v) is 22.5. The van der Waals surface area contributed by atoms with E-state index in [0.29, 0.717) is 0 Å². The van der Waals surface area contributed by atoms with E-state index in [2.05, 4.69) is 227 Å². The quantitative estimate of drug-likeness (QED) is 0.170. The van der Waals surface area contributed by atoms with Crippen molar-refractivity contribution in [1.82, 2.24) is 18.4 Å². The first-order chi connectivity index (χ1) is 32.1. The van der Waals surface area contributed by atoms with E-state index in [4.69, 9.17) is 4.98 Å². The summed E-state index contributed by atoms with van der Waals surface area (Å²) in [5.74, 6) is 0. The molecule has 0 aliphatic heterocycles. The third-order valence-electron chi connectivity index (χ3n) is 15.3. The van der Waals surface area contributed by atoms with Gasteiger partial charge >= 0.3 is 0 Å². The Labute approximate surface area is 389 Å². The van der Waals surface area contributed by atoms with E-state index < -0.39 is 0 Å². The summed E-state index contributed by atoms with van der Waals surface area (Å²) in [5.41, 5.74) is 17.0. The Morgan fingerprint density at radius 2 is 0.925 bits per heavy atom. The van der Waals surface area contributed by atoms with E-state index in [1.54, 1.807) is 0 Å². The van der Waals surface area contributed by atoms with Crippen molar-refractivity contribution in [2.45, 2.75) is 78.6 Å². The Morgan fingerprint density at radius 3 is 1.64 bits per heavy atom. The van der Waals surface area contributed by atoms with E-state index in [1.807, 2.05) is 0 Å². The van der Waals surface area contributed by atoms with Crippen LogP contribution >= 0.6 is 0 Å². The van der Waals surface area contributed by atoms with Crippen molar-refractivity contribution in [2.75, 3.05) is 0 Å². The van der Waals surface area contributed by atoms with Gasteiger partial charge < -0.3 is 8.97 Å². The van der Waals surface area contributed by atoms with Crippen LogP contribution < -0.4 is 0 Å². The summed E-state index contributed by atoms with van der Waals surface area (Å²) < 4.78 is 7.51. The van der Waals surface area contributed by atoms with Crippen LogP contribution in [0.25, 0.3) is 126 Å². The maximum Gasteiger partial charge on any atom is 0.146 e. The number of rotatable bonds is 2. The Morgan fingerprint density at radius 1 is 0.373 bits per heavy atom. The van der Waals surface area contributed by atoms with E-state index in [0.717, 1.165) is 11.2 Å². The van der Waals surface area contributed by atoms with Crippen molar-refractivity contribution in [3.05, 3.63) is 168 Å². The summed E-state index contributed by atoms with van der Waals surface area (Å²) in [6.45, 7) is 21.2. The zero-order valence-corrected chi connectivity index (χ0v) is 39.7. The van der Waals surface area contributed by atoms with Gasteiger partial charge in [-0.25, -0.2) is 4.98 Å². The Bertz CT molecular complexity index is 4420. The lowest BCUT2D eigenvalue weighted by atomic mass is 9.82. The molecule has 14 aromatic rings. The number of para-hydroxylation sites is 2. The average molecular weight is 865 g/mol. The zero-order valence-electron chi connectivity index (χ0n) is 39.7. The Kier molecular flexibility index (Phi) is 7.36. The van der Waals surface area contributed by atoms with E-state index in [9.17, 15) is 0 Å². The van der Waals surface area contributed by atoms with Crippen LogP contribution in [0.3, 0.4) is 0 Å². The predicted octanol–water partition coefficient (Wildman–Crippen LogP) is 17.2. The van der Waals surface area contributed by atoms with Gasteiger partial charge in [0.2, 0.25) is 0 Å². The van der Waals surface area contributed by atoms with Gasteiger partial charge in [-0.05, 0) is 111 Å². The smallest absolute Gasteiger partial charge is 0.146 e. The number of nitrogens with zero attached hydrogens (tertiary/aromatic N) is 4. The van der Waals surface area contributed by atoms with Crippen molar-refractivity contribution in [3.63, 3.8) is 0 Å². The van der Waals surface area contributed by atoms with Crippen LogP contribution in [-0.4, -0.2) is 18.4 Å². The molecule has 0 spiro atoms. The lowest BCUT2D eigenvalue weighted by Gasteiger charge is -2.22. The molecule has 4 nitrogen and oxygen atoms in total. The fraction of sp³-hybridized carbons (Fsp3) is 0.190. The Balaban J connectivity index is 1.18. The second kappa shape index (κ2) is 12.7. The molecule has 0 saturated heterocycles. The molecule has 324 valence electrons. The first-order valence-corrected chi connectivity index (χ1v) is 24.0. The molecule has 0 amide bonds. The molecule has 0 fully saturated rings. The molecule has 6 aromatic heterocycles. The molecule has 14 rings (SSSR count). The predicted molar refractivity (Wildman–Crippen MR) is 287 cm³/mol. The molecule has 8 aromatic carbocycles. The highest BCUT2D eigenvalue weighted by molar-refractivity contribution is 6.36. The van der Waals surface area contributed by atoms with Crippen LogP contribution in [0.5, 0.6) is 0 Å². The SMILES string of the molecule is CC(C)(C)c1cc(-c2ccc3c(c2)c2ccccc2n3-c2ccccc2)c2c(c1)c1cc(C(C)(C)C)cc3c4c5c6cc(C(C)(C)C)cc7c8ccc9ccccc9c8n(c5ncc4n2c13)c76. The van der Waals surface area contributed by atoms with E-state index in [1.165, 1.54) is 131 Å². The van der Waals surface area contributed by atoms with Gasteiger partial charge in [0.05, 0.1) is 44.8 Å². The lowest BCUT2D eigenvalue weighted by Crippen LogP contribution is -2.11. The second-order valence-electron chi connectivity index (χ2n) is 22.5. The third kappa shape index (κ3) is 5.11. The lowest BCUT2D eigenvalue weighted by molar-refractivity contribution is 0.591. The van der Waals surface area contributed by atoms with Gasteiger partial charge in [-0.15, -0.1) is 0 Å². The normalized spacial score (nSPS) is 13.4. The number of benzene rings is 8. The molecule has 4 heteroatoms. The number of hydrogen-bond acceptors (Lipinski definition) is 1. The van der Waals surface area contributed by atoms with Gasteiger partial charge in [0.25, 0.3) is 0 Å². The molecule has 0 atom stereocenters. The summed E-state index contributed by atoms with van der Waals surface area (Å²) in [6, 6.07) is 55.3. The fourth-order valence-corrected chi connectivity index (χ4v) is 11.9. The fourth-order valence-electron chi connectivity index (χ4n) is 11.9. The molecule has 0 saturated carbocycles. The van der Waals surface area contributed by atoms with Crippen molar-refractivity contribution in [1.29, 1.82) is 0 Å². The monoisotopic (exact) mass is 864 g/mol. The summed E-state index contributed by atoms with van der Waals surface area (Å²) in [4.78, 5) is 5.62. The van der Waals surface area contributed by atoms with Crippen LogP contribution in [0, 0.1) is 0 Å². The number of hydrogen-bond donors (Lipinski definition) is 0. The zero-order chi connectivity index (χ0) is 45.6. The molecule has 6 heterocycles. The van der Waals surface area contributed by atoms with Crippen molar-refractivity contribution >= 4 is 109 Å². The van der Waals surface area contributed by atoms with Crippen LogP contribution in [0.4, 0.5) is 0 Å². The third-order valence-corrected chi connectivity index (χ3v) is 15.3. The molecule has 0 aliphatic carbocycles. The minimum absolute atomic E-state index is 0.0564. The molecule has 0 N–H and O–H groups in total. The summed E-state index contributed by atoms with van der Waals surface area (Å²) in [6.07, 6.45) is 2.20. The van der Waals surface area contributed by atoms with Crippen LogP contribution in [0.2, 0.25) is 0 Å². The highest BCUT2D eigenvalue weighted by Gasteiger charge is 2.31. The largest absolute Gasteiger partial charge is 0.309 e. The highest BCUT2D eigenvalue weighted by Crippen LogP contribution is 2.51. The highest BCUT2D eigenvalue weighted by atomic mass is 15.0. The summed E-state index contributed by atoms with van der Waals surface area (Å²) in [5, 5.41) is 15.3. The maximum atomic E-state index is 5.62. The first-order valence-electron chi connectivity index (χ1n) is 24.0. The molecule has 0 unspecified atom stereocenters. The van der Waals surface area contributed by atoms with Crippen molar-refractivity contribution < 1.29 is 0 Å². The van der Waals surface area contributed by atoms with Crippen molar-refractivity contribution in [3.8, 4) is 16.8 Å². The van der Waals surface area contributed by atoms with Crippen LogP contribution in [0.1, 0.15) is 79.0 Å². The first kappa shape index (κ1) is 38.8. The molecule has 0 radical (unpaired) electrons. The minimum atomic E-state index is -0.0830. The standard InChI is InChI=1S/C63H52N4/c1-61(2,3)37-28-44(36-24-26-52-45(27-36)42-21-15-16-22-51(42)65(52)40-18-11-10-12-19-40)57-47(30-37)48-31-39(63(7,8)9)32-49-54-53(66(57)58(48)49)34-64-60-55(54)50-33-38(62(4,5)6)29-46-43-25-23-35-17-13-14-20-41(35)56(43)67(60)59(46)50/h10-34H,1-9H3. The minimum Gasteiger partial charge on any atom is -0.309 e. The molecule has 0 aliphatic rings. The Hall–Kier alpha value is -7.43. The van der Waals surface area contributed by atoms with Gasteiger partial charge in [-0.3, -0.25) is 4.40 Å². The average Bonchev–Trinajstić information content (AvgIpc) is 4.10. The van der Waals surface area contributed by atoms with Gasteiger partial charge in [-0.2, -0.15) is 0 Å². The maximum absolute atomic E-state index is 5.62. The number of aromatic nitrogens is 4. The number of pyridine rings is 1. The van der Waals surface area contributed by atoms with E-state index in [-0.39, 0.29) is 16.2 Å². The molecule has 0 bridgehead atoms. The van der Waals surface area contributed by atoms with Gasteiger partial charge in [0.1, 0.15) is 5.65 Å². The molecule has 67 heavy (non-hydrogen) atoms. The van der Waals surface area contributed by atoms with E-state index >= 15 is 0 Å². The van der Waals surface area contributed by atoms with Crippen LogP contribution in [0.15, 0.2) is 152 Å². The molecular weight excluding hydrogens is 813 g/mol. The van der Waals surface area contributed by atoms with Gasteiger partial charge in [-0.1, -0.05) is 141 Å². The summed E-state index contributed by atoms with van der Waals surface area (Å²) >= 11 is 0.